The number of carbonyl (C=O) groups excluding carboxylic acids is 1. The van der Waals surface area contributed by atoms with Crippen molar-refractivity contribution < 1.29 is 4.79 Å². The van der Waals surface area contributed by atoms with Gasteiger partial charge in [-0.15, -0.1) is 11.3 Å². The normalized spacial score (nSPS) is 11.2. The molecule has 1 amide bonds. The molecule has 4 aromatic rings. The number of benzene rings is 1. The van der Waals surface area contributed by atoms with E-state index in [1.807, 2.05) is 34.9 Å². The third-order valence-corrected chi connectivity index (χ3v) is 5.23. The Morgan fingerprint density at radius 3 is 2.96 bits per heavy atom. The molecular weight excluding hydrogens is 332 g/mol. The van der Waals surface area contributed by atoms with Crippen molar-refractivity contribution in [2.75, 3.05) is 6.54 Å². The quantitative estimate of drug-likeness (QED) is 0.581. The molecule has 0 spiro atoms. The van der Waals surface area contributed by atoms with Crippen molar-refractivity contribution >= 4 is 33.0 Å². The van der Waals surface area contributed by atoms with Gasteiger partial charge in [-0.05, 0) is 40.4 Å². The van der Waals surface area contributed by atoms with E-state index < -0.39 is 0 Å². The number of pyridine rings is 1. The standard InChI is InChI=1S/C19H18N4OS/c20-9-13-5-6-18-22-16(11-23(18)10-13)19(24)21-8-7-14-12-25-17-4-2-1-3-15(14)17/h1-6,10-12H,7-9,20H2,(H,21,24). The number of nitrogens with zero attached hydrogens (tertiary/aromatic N) is 2. The van der Waals surface area contributed by atoms with Crippen molar-refractivity contribution in [3.05, 3.63) is 71.0 Å². The zero-order valence-corrected chi connectivity index (χ0v) is 14.4. The van der Waals surface area contributed by atoms with Crippen molar-refractivity contribution in [1.29, 1.82) is 0 Å². The number of hydrogen-bond donors (Lipinski definition) is 2. The van der Waals surface area contributed by atoms with Crippen LogP contribution in [0.2, 0.25) is 0 Å². The smallest absolute Gasteiger partial charge is 0.271 e. The molecule has 0 bridgehead atoms. The maximum atomic E-state index is 12.4. The number of rotatable bonds is 5. The molecule has 25 heavy (non-hydrogen) atoms. The molecule has 5 nitrogen and oxygen atoms in total. The molecule has 0 saturated heterocycles. The molecule has 0 saturated carbocycles. The molecule has 3 heterocycles. The molecule has 0 fully saturated rings. The summed E-state index contributed by atoms with van der Waals surface area (Å²) in [6, 6.07) is 12.1. The van der Waals surface area contributed by atoms with Crippen LogP contribution in [0.5, 0.6) is 0 Å². The number of imidazole rings is 1. The number of hydrogen-bond acceptors (Lipinski definition) is 4. The number of aromatic nitrogens is 2. The van der Waals surface area contributed by atoms with Crippen LogP contribution < -0.4 is 11.1 Å². The molecule has 6 heteroatoms. The Morgan fingerprint density at radius 2 is 2.08 bits per heavy atom. The molecule has 1 aromatic carbocycles. The first-order valence-corrected chi connectivity index (χ1v) is 9.03. The number of thiophene rings is 1. The maximum Gasteiger partial charge on any atom is 0.271 e. The van der Waals surface area contributed by atoms with Crippen molar-refractivity contribution in [3.8, 4) is 0 Å². The molecule has 0 aliphatic heterocycles. The van der Waals surface area contributed by atoms with Crippen LogP contribution >= 0.6 is 11.3 Å². The Labute approximate surface area is 149 Å². The molecule has 0 aliphatic carbocycles. The average Bonchev–Trinajstić information content (AvgIpc) is 3.25. The largest absolute Gasteiger partial charge is 0.350 e. The fraction of sp³-hybridized carbons (Fsp3) is 0.158. The first-order valence-electron chi connectivity index (χ1n) is 8.15. The van der Waals surface area contributed by atoms with Gasteiger partial charge in [0, 0.05) is 30.2 Å². The molecule has 3 N–H and O–H groups in total. The molecule has 0 atom stereocenters. The average molecular weight is 350 g/mol. The van der Waals surface area contributed by atoms with E-state index in [9.17, 15) is 4.79 Å². The van der Waals surface area contributed by atoms with Crippen LogP contribution in [0.15, 0.2) is 54.2 Å². The van der Waals surface area contributed by atoms with Gasteiger partial charge in [-0.3, -0.25) is 4.79 Å². The Kier molecular flexibility index (Phi) is 4.21. The van der Waals surface area contributed by atoms with E-state index in [4.69, 9.17) is 5.73 Å². The molecule has 126 valence electrons. The number of carbonyl (C=O) groups is 1. The summed E-state index contributed by atoms with van der Waals surface area (Å²) in [5.74, 6) is -0.155. The van der Waals surface area contributed by atoms with Crippen LogP contribution in [-0.2, 0) is 13.0 Å². The zero-order valence-electron chi connectivity index (χ0n) is 13.6. The van der Waals surface area contributed by atoms with Crippen LogP contribution in [-0.4, -0.2) is 21.8 Å². The Hall–Kier alpha value is -2.70. The minimum Gasteiger partial charge on any atom is -0.350 e. The van der Waals surface area contributed by atoms with Gasteiger partial charge in [-0.2, -0.15) is 0 Å². The lowest BCUT2D eigenvalue weighted by molar-refractivity contribution is 0.0950. The summed E-state index contributed by atoms with van der Waals surface area (Å²) < 4.78 is 3.11. The summed E-state index contributed by atoms with van der Waals surface area (Å²) in [6.45, 7) is 1.05. The zero-order chi connectivity index (χ0) is 17.2. The van der Waals surface area contributed by atoms with E-state index in [-0.39, 0.29) is 5.91 Å². The van der Waals surface area contributed by atoms with Crippen LogP contribution in [0.4, 0.5) is 0 Å². The predicted octanol–water partition coefficient (Wildman–Crippen LogP) is 2.98. The fourth-order valence-corrected chi connectivity index (χ4v) is 3.89. The van der Waals surface area contributed by atoms with Crippen LogP contribution in [0.1, 0.15) is 21.6 Å². The van der Waals surface area contributed by atoms with E-state index >= 15 is 0 Å². The van der Waals surface area contributed by atoms with E-state index in [2.05, 4.69) is 27.8 Å². The SMILES string of the molecule is NCc1ccc2nc(C(=O)NCCc3csc4ccccc34)cn2c1. The van der Waals surface area contributed by atoms with E-state index in [1.165, 1.54) is 15.6 Å². The highest BCUT2D eigenvalue weighted by Crippen LogP contribution is 2.25. The summed E-state index contributed by atoms with van der Waals surface area (Å²) in [7, 11) is 0. The van der Waals surface area contributed by atoms with Gasteiger partial charge in [0.1, 0.15) is 11.3 Å². The first-order chi connectivity index (χ1) is 12.2. The van der Waals surface area contributed by atoms with Gasteiger partial charge in [0.25, 0.3) is 5.91 Å². The highest BCUT2D eigenvalue weighted by atomic mass is 32.1. The van der Waals surface area contributed by atoms with Gasteiger partial charge in [0.05, 0.1) is 0 Å². The predicted molar refractivity (Wildman–Crippen MR) is 101 cm³/mol. The third-order valence-electron chi connectivity index (χ3n) is 4.22. The summed E-state index contributed by atoms with van der Waals surface area (Å²) in [4.78, 5) is 16.7. The van der Waals surface area contributed by atoms with Crippen molar-refractivity contribution in [1.82, 2.24) is 14.7 Å². The minimum absolute atomic E-state index is 0.155. The summed E-state index contributed by atoms with van der Waals surface area (Å²) in [5, 5.41) is 6.39. The summed E-state index contributed by atoms with van der Waals surface area (Å²) in [5.41, 5.74) is 9.08. The Morgan fingerprint density at radius 1 is 1.20 bits per heavy atom. The summed E-state index contributed by atoms with van der Waals surface area (Å²) >= 11 is 1.74. The van der Waals surface area contributed by atoms with Crippen LogP contribution in [0.25, 0.3) is 15.7 Å². The van der Waals surface area contributed by atoms with Crippen molar-refractivity contribution in [3.63, 3.8) is 0 Å². The minimum atomic E-state index is -0.155. The van der Waals surface area contributed by atoms with Gasteiger partial charge < -0.3 is 15.5 Å². The van der Waals surface area contributed by atoms with E-state index in [0.717, 1.165) is 17.6 Å². The monoisotopic (exact) mass is 350 g/mol. The second-order valence-electron chi connectivity index (χ2n) is 5.90. The molecular formula is C19H18N4OS. The topological polar surface area (TPSA) is 72.4 Å². The highest BCUT2D eigenvalue weighted by Gasteiger charge is 2.11. The van der Waals surface area contributed by atoms with Gasteiger partial charge in [-0.25, -0.2) is 4.98 Å². The van der Waals surface area contributed by atoms with E-state index in [1.54, 1.807) is 17.5 Å². The van der Waals surface area contributed by atoms with Crippen molar-refractivity contribution in [2.24, 2.45) is 5.73 Å². The molecule has 0 radical (unpaired) electrons. The number of nitrogens with two attached hydrogens (primary N) is 1. The second-order valence-corrected chi connectivity index (χ2v) is 6.81. The lowest BCUT2D eigenvalue weighted by Crippen LogP contribution is -2.25. The number of fused-ring (bicyclic) bond motifs is 2. The highest BCUT2D eigenvalue weighted by molar-refractivity contribution is 7.17. The Balaban J connectivity index is 1.43. The van der Waals surface area contributed by atoms with Crippen LogP contribution in [0.3, 0.4) is 0 Å². The maximum absolute atomic E-state index is 12.4. The van der Waals surface area contributed by atoms with Crippen molar-refractivity contribution in [2.45, 2.75) is 13.0 Å². The Bertz CT molecular complexity index is 1050. The molecule has 0 unspecified atom stereocenters. The van der Waals surface area contributed by atoms with Gasteiger partial charge in [0.2, 0.25) is 0 Å². The summed E-state index contributed by atoms with van der Waals surface area (Å²) in [6.07, 6.45) is 4.45. The van der Waals surface area contributed by atoms with E-state index in [0.29, 0.717) is 18.8 Å². The van der Waals surface area contributed by atoms with Crippen LogP contribution in [0, 0.1) is 0 Å². The number of nitrogens with one attached hydrogen (secondary N) is 1. The lowest BCUT2D eigenvalue weighted by atomic mass is 10.1. The molecule has 0 aliphatic rings. The molecule has 3 aromatic heterocycles. The lowest BCUT2D eigenvalue weighted by Gasteiger charge is -2.02. The van der Waals surface area contributed by atoms with Gasteiger partial charge >= 0.3 is 0 Å². The third kappa shape index (κ3) is 3.14. The molecule has 4 rings (SSSR count). The van der Waals surface area contributed by atoms with Gasteiger partial charge in [-0.1, -0.05) is 24.3 Å². The van der Waals surface area contributed by atoms with Gasteiger partial charge in [0.15, 0.2) is 0 Å². The number of amides is 1. The second kappa shape index (κ2) is 6.66. The first kappa shape index (κ1) is 15.8. The fourth-order valence-electron chi connectivity index (χ4n) is 2.90.